The molecule has 1 amide bonds. The number of benzene rings is 1. The minimum atomic E-state index is -4.73. The Bertz CT molecular complexity index is 1470. The number of carbonyl (C=O) groups is 1. The molecule has 2 unspecified atom stereocenters. The van der Waals surface area contributed by atoms with Crippen molar-refractivity contribution >= 4 is 39.8 Å². The fraction of sp³-hybridized carbons (Fsp3) is 0.385. The molecule has 11 heteroatoms. The molecule has 2 N–H and O–H groups in total. The summed E-state index contributed by atoms with van der Waals surface area (Å²) in [7, 11) is 0. The number of fused-ring (bicyclic) bond motifs is 1. The molecule has 3 aromatic rings. The maximum absolute atomic E-state index is 13.6. The third-order valence-corrected chi connectivity index (χ3v) is 8.28. The summed E-state index contributed by atoms with van der Waals surface area (Å²) >= 11 is 5.55. The number of halogens is 3. The number of alkyl halides is 3. The predicted octanol–water partition coefficient (Wildman–Crippen LogP) is 4.39. The summed E-state index contributed by atoms with van der Waals surface area (Å²) < 4.78 is 43.2. The highest BCUT2D eigenvalue weighted by Crippen LogP contribution is 2.54. The lowest BCUT2D eigenvalue weighted by Crippen LogP contribution is -2.60. The highest BCUT2D eigenvalue weighted by Gasteiger charge is 2.62. The van der Waals surface area contributed by atoms with Crippen molar-refractivity contribution in [1.82, 2.24) is 20.2 Å². The monoisotopic (exact) mass is 524 g/mol. The highest BCUT2D eigenvalue weighted by molar-refractivity contribution is 7.80. The molecule has 3 fully saturated rings. The normalized spacial score (nSPS) is 24.4. The van der Waals surface area contributed by atoms with Crippen LogP contribution in [0.1, 0.15) is 54.5 Å². The Morgan fingerprint density at radius 2 is 1.95 bits per heavy atom. The maximum atomic E-state index is 13.6. The number of amides is 1. The summed E-state index contributed by atoms with van der Waals surface area (Å²) in [5.74, 6) is -0.900. The van der Waals surface area contributed by atoms with E-state index in [1.807, 2.05) is 24.3 Å². The number of piperidine rings is 1. The molecule has 2 aromatic heterocycles. The molecule has 2 aliphatic heterocycles. The molecule has 1 saturated carbocycles. The molecular formula is C26H23F3N6OS. The molecule has 4 heterocycles. The van der Waals surface area contributed by atoms with Crippen LogP contribution in [0, 0.1) is 11.3 Å². The highest BCUT2D eigenvalue weighted by atomic mass is 32.1. The number of hydrogen-bond acceptors (Lipinski definition) is 5. The lowest BCUT2D eigenvalue weighted by atomic mass is 9.62. The van der Waals surface area contributed by atoms with Gasteiger partial charge in [-0.05, 0) is 86.9 Å². The number of rotatable bonds is 3. The fourth-order valence-electron chi connectivity index (χ4n) is 6.11. The molecule has 2 saturated heterocycles. The minimum Gasteiger partial charge on any atom is -0.344 e. The Labute approximate surface area is 216 Å². The van der Waals surface area contributed by atoms with Crippen molar-refractivity contribution in [3.8, 4) is 6.07 Å². The van der Waals surface area contributed by atoms with Crippen LogP contribution in [0.25, 0.3) is 10.9 Å². The SMILES string of the molecule is N#Cc1ncc(C2CCC23C(=O)NC(=S)N3c2ccc3c(ccn3C3CCNCC3)c2)cc1C(F)(F)F. The summed E-state index contributed by atoms with van der Waals surface area (Å²) in [5.41, 5.74) is -0.868. The second kappa shape index (κ2) is 8.53. The zero-order valence-electron chi connectivity index (χ0n) is 19.7. The van der Waals surface area contributed by atoms with Crippen LogP contribution in [0.2, 0.25) is 0 Å². The molecule has 3 aliphatic rings. The van der Waals surface area contributed by atoms with Crippen molar-refractivity contribution in [2.75, 3.05) is 18.0 Å². The van der Waals surface area contributed by atoms with Crippen LogP contribution in [0.3, 0.4) is 0 Å². The van der Waals surface area contributed by atoms with E-state index in [-0.39, 0.29) is 16.6 Å². The number of nitrogens with one attached hydrogen (secondary N) is 2. The number of pyridine rings is 1. The molecule has 1 aromatic carbocycles. The summed E-state index contributed by atoms with van der Waals surface area (Å²) in [5, 5.41) is 16.5. The predicted molar refractivity (Wildman–Crippen MR) is 135 cm³/mol. The van der Waals surface area contributed by atoms with Crippen LogP contribution in [0.15, 0.2) is 42.7 Å². The Kier molecular flexibility index (Phi) is 5.51. The van der Waals surface area contributed by atoms with E-state index in [1.165, 1.54) is 12.3 Å². The molecule has 0 bridgehead atoms. The van der Waals surface area contributed by atoms with Crippen LogP contribution in [-0.2, 0) is 11.0 Å². The van der Waals surface area contributed by atoms with Gasteiger partial charge in [0.25, 0.3) is 5.91 Å². The number of hydrogen-bond donors (Lipinski definition) is 2. The largest absolute Gasteiger partial charge is 0.419 e. The van der Waals surface area contributed by atoms with E-state index in [9.17, 15) is 18.0 Å². The van der Waals surface area contributed by atoms with E-state index in [1.54, 1.807) is 4.90 Å². The van der Waals surface area contributed by atoms with Crippen molar-refractivity contribution in [3.63, 3.8) is 0 Å². The zero-order valence-corrected chi connectivity index (χ0v) is 20.5. The molecule has 7 nitrogen and oxygen atoms in total. The van der Waals surface area contributed by atoms with Crippen molar-refractivity contribution in [1.29, 1.82) is 5.26 Å². The van der Waals surface area contributed by atoms with Crippen molar-refractivity contribution in [2.24, 2.45) is 0 Å². The summed E-state index contributed by atoms with van der Waals surface area (Å²) in [6.45, 7) is 1.95. The Morgan fingerprint density at radius 3 is 2.62 bits per heavy atom. The van der Waals surface area contributed by atoms with Crippen LogP contribution in [0.4, 0.5) is 18.9 Å². The topological polar surface area (TPSA) is 86.0 Å². The lowest BCUT2D eigenvalue weighted by Gasteiger charge is -2.50. The number of aromatic nitrogens is 2. The van der Waals surface area contributed by atoms with Gasteiger partial charge in [0.2, 0.25) is 0 Å². The molecule has 190 valence electrons. The van der Waals surface area contributed by atoms with Gasteiger partial charge in [0, 0.05) is 40.9 Å². The van der Waals surface area contributed by atoms with E-state index >= 15 is 0 Å². The molecule has 0 radical (unpaired) electrons. The number of nitrogens with zero attached hydrogens (tertiary/aromatic N) is 4. The second-order valence-corrected chi connectivity index (χ2v) is 10.2. The van der Waals surface area contributed by atoms with Gasteiger partial charge in [0.1, 0.15) is 11.6 Å². The van der Waals surface area contributed by atoms with Gasteiger partial charge < -0.3 is 20.1 Å². The summed E-state index contributed by atoms with van der Waals surface area (Å²) in [6, 6.07) is 10.8. The van der Waals surface area contributed by atoms with Gasteiger partial charge in [-0.3, -0.25) is 4.79 Å². The first-order valence-corrected chi connectivity index (χ1v) is 12.6. The first-order chi connectivity index (χ1) is 17.7. The number of thiocarbonyl (C=S) groups is 1. The third kappa shape index (κ3) is 3.61. The van der Waals surface area contributed by atoms with Crippen molar-refractivity contribution in [2.45, 2.75) is 49.4 Å². The van der Waals surface area contributed by atoms with Gasteiger partial charge in [0.15, 0.2) is 10.8 Å². The molecular weight excluding hydrogens is 501 g/mol. The molecule has 2 atom stereocenters. The number of carbonyl (C=O) groups excluding carboxylic acids is 1. The average Bonchev–Trinajstić information content (AvgIpc) is 3.41. The van der Waals surface area contributed by atoms with Gasteiger partial charge in [-0.2, -0.15) is 18.4 Å². The molecule has 37 heavy (non-hydrogen) atoms. The Balaban J connectivity index is 1.39. The van der Waals surface area contributed by atoms with E-state index in [2.05, 4.69) is 26.4 Å². The van der Waals surface area contributed by atoms with E-state index in [4.69, 9.17) is 17.5 Å². The quantitative estimate of drug-likeness (QED) is 0.495. The summed E-state index contributed by atoms with van der Waals surface area (Å²) in [4.78, 5) is 18.8. The van der Waals surface area contributed by atoms with Crippen LogP contribution < -0.4 is 15.5 Å². The maximum Gasteiger partial charge on any atom is 0.419 e. The second-order valence-electron chi connectivity index (χ2n) is 9.83. The first kappa shape index (κ1) is 23.9. The van der Waals surface area contributed by atoms with Crippen LogP contribution in [-0.4, -0.2) is 39.2 Å². The smallest absolute Gasteiger partial charge is 0.344 e. The molecule has 1 aliphatic carbocycles. The van der Waals surface area contributed by atoms with E-state index in [0.717, 1.165) is 42.9 Å². The van der Waals surface area contributed by atoms with E-state index < -0.39 is 28.9 Å². The first-order valence-electron chi connectivity index (χ1n) is 12.2. The van der Waals surface area contributed by atoms with Gasteiger partial charge in [-0.15, -0.1) is 0 Å². The van der Waals surface area contributed by atoms with Gasteiger partial charge >= 0.3 is 6.18 Å². The fourth-order valence-corrected chi connectivity index (χ4v) is 6.47. The summed E-state index contributed by atoms with van der Waals surface area (Å²) in [6.07, 6.45) is 1.63. The third-order valence-electron chi connectivity index (χ3n) is 7.99. The van der Waals surface area contributed by atoms with Crippen molar-refractivity contribution in [3.05, 3.63) is 59.5 Å². The Morgan fingerprint density at radius 1 is 1.16 bits per heavy atom. The van der Waals surface area contributed by atoms with Crippen LogP contribution >= 0.6 is 12.2 Å². The van der Waals surface area contributed by atoms with Crippen LogP contribution in [0.5, 0.6) is 0 Å². The Hall–Kier alpha value is -3.49. The van der Waals surface area contributed by atoms with Crippen molar-refractivity contribution < 1.29 is 18.0 Å². The number of anilines is 1. The number of nitriles is 1. The zero-order chi connectivity index (χ0) is 25.9. The lowest BCUT2D eigenvalue weighted by molar-refractivity contribution is -0.138. The molecule has 6 rings (SSSR count). The van der Waals surface area contributed by atoms with E-state index in [0.29, 0.717) is 24.6 Å². The van der Waals surface area contributed by atoms with Gasteiger partial charge in [0.05, 0.1) is 5.56 Å². The minimum absolute atomic E-state index is 0.226. The molecule has 1 spiro atoms. The van der Waals surface area contributed by atoms with Gasteiger partial charge in [-0.1, -0.05) is 0 Å². The van der Waals surface area contributed by atoms with Gasteiger partial charge in [-0.25, -0.2) is 4.98 Å². The average molecular weight is 525 g/mol. The standard InChI is InChI=1S/C26H23F3N6OS/c27-26(28,29)20-12-16(14-32-21(20)13-30)19-3-7-25(19)23(36)33-24(37)35(25)18-1-2-22-15(11-18)6-10-34(22)17-4-8-31-9-5-17/h1-2,6,10-12,14,17,19,31H,3-5,7-9H2,(H,33,36,37).